The molecule has 0 amide bonds. The Hall–Kier alpha value is -0.120. The smallest absolute Gasteiger partial charge is 0.0477 e. The molecular weight excluding hydrogens is 236 g/mol. The summed E-state index contributed by atoms with van der Waals surface area (Å²) in [6.07, 6.45) is 3.57. The number of piperazine rings is 1. The second-order valence-electron chi connectivity index (χ2n) is 6.45. The van der Waals surface area contributed by atoms with Gasteiger partial charge in [-0.2, -0.15) is 0 Å². The van der Waals surface area contributed by atoms with Crippen molar-refractivity contribution in [3.05, 3.63) is 0 Å². The fourth-order valence-electron chi connectivity index (χ4n) is 3.34. The molecule has 1 saturated heterocycles. The summed E-state index contributed by atoms with van der Waals surface area (Å²) >= 11 is 0. The summed E-state index contributed by atoms with van der Waals surface area (Å²) in [6, 6.07) is 1.22. The normalized spacial score (nSPS) is 25.7. The van der Waals surface area contributed by atoms with E-state index in [9.17, 15) is 0 Å². The quantitative estimate of drug-likeness (QED) is 0.770. The Morgan fingerprint density at radius 3 is 2.37 bits per heavy atom. The van der Waals surface area contributed by atoms with E-state index in [0.29, 0.717) is 23.5 Å². The van der Waals surface area contributed by atoms with E-state index in [0.717, 1.165) is 19.6 Å². The first-order chi connectivity index (χ1) is 9.00. The number of hydrogen-bond acceptors (Lipinski definition) is 3. The van der Waals surface area contributed by atoms with Gasteiger partial charge < -0.3 is 10.1 Å². The third-order valence-electron chi connectivity index (χ3n) is 5.09. The lowest BCUT2D eigenvalue weighted by Crippen LogP contribution is -2.67. The number of methoxy groups -OCH3 is 1. The highest BCUT2D eigenvalue weighted by atomic mass is 16.5. The van der Waals surface area contributed by atoms with Gasteiger partial charge in [-0.25, -0.2) is 0 Å². The summed E-state index contributed by atoms with van der Waals surface area (Å²) in [7, 11) is 1.80. The van der Waals surface area contributed by atoms with Gasteiger partial charge in [-0.3, -0.25) is 4.90 Å². The van der Waals surface area contributed by atoms with E-state index in [1.807, 2.05) is 0 Å². The Bertz CT molecular complexity index is 251. The zero-order valence-electron chi connectivity index (χ0n) is 13.8. The molecule has 2 atom stereocenters. The molecular formula is C16H34N2O. The van der Waals surface area contributed by atoms with Crippen LogP contribution in [0, 0.1) is 5.92 Å². The molecule has 0 aromatic rings. The van der Waals surface area contributed by atoms with E-state index in [4.69, 9.17) is 4.74 Å². The maximum absolute atomic E-state index is 5.27. The zero-order chi connectivity index (χ0) is 14.5. The van der Waals surface area contributed by atoms with Crippen LogP contribution in [0.1, 0.15) is 53.9 Å². The summed E-state index contributed by atoms with van der Waals surface area (Å²) in [5.41, 5.74) is 0.332. The molecule has 0 aromatic heterocycles. The largest absolute Gasteiger partial charge is 0.385 e. The number of rotatable bonds is 7. The van der Waals surface area contributed by atoms with Gasteiger partial charge in [0.05, 0.1) is 0 Å². The van der Waals surface area contributed by atoms with E-state index < -0.39 is 0 Å². The first-order valence-corrected chi connectivity index (χ1v) is 7.99. The van der Waals surface area contributed by atoms with Gasteiger partial charge in [0.2, 0.25) is 0 Å². The highest BCUT2D eigenvalue weighted by Crippen LogP contribution is 2.31. The minimum atomic E-state index is 0.332. The van der Waals surface area contributed by atoms with Gasteiger partial charge in [0.1, 0.15) is 0 Å². The molecule has 1 N–H and O–H groups in total. The molecule has 0 radical (unpaired) electrons. The van der Waals surface area contributed by atoms with Gasteiger partial charge >= 0.3 is 0 Å². The van der Waals surface area contributed by atoms with Crippen molar-refractivity contribution in [3.63, 3.8) is 0 Å². The van der Waals surface area contributed by atoms with E-state index in [2.05, 4.69) is 44.8 Å². The van der Waals surface area contributed by atoms with Crippen molar-refractivity contribution in [2.75, 3.05) is 26.8 Å². The van der Waals surface area contributed by atoms with Crippen LogP contribution < -0.4 is 5.32 Å². The molecule has 1 fully saturated rings. The lowest BCUT2D eigenvalue weighted by molar-refractivity contribution is -0.0153. The fraction of sp³-hybridized carbons (Fsp3) is 1.00. The van der Waals surface area contributed by atoms with Crippen molar-refractivity contribution in [1.82, 2.24) is 10.2 Å². The predicted octanol–water partition coefficient (Wildman–Crippen LogP) is 2.90. The van der Waals surface area contributed by atoms with Gasteiger partial charge in [0.25, 0.3) is 0 Å². The number of nitrogens with zero attached hydrogens (tertiary/aromatic N) is 1. The molecule has 3 nitrogen and oxygen atoms in total. The van der Waals surface area contributed by atoms with Crippen molar-refractivity contribution in [2.24, 2.45) is 5.92 Å². The number of hydrogen-bond donors (Lipinski definition) is 1. The third kappa shape index (κ3) is 3.93. The van der Waals surface area contributed by atoms with Gasteiger partial charge in [0, 0.05) is 44.4 Å². The Morgan fingerprint density at radius 2 is 1.89 bits per heavy atom. The predicted molar refractivity (Wildman–Crippen MR) is 82.6 cm³/mol. The maximum Gasteiger partial charge on any atom is 0.0477 e. The van der Waals surface area contributed by atoms with Crippen LogP contribution in [0.2, 0.25) is 0 Å². The van der Waals surface area contributed by atoms with Crippen molar-refractivity contribution < 1.29 is 4.74 Å². The molecule has 0 spiro atoms. The van der Waals surface area contributed by atoms with E-state index >= 15 is 0 Å². The first-order valence-electron chi connectivity index (χ1n) is 7.99. The standard InChI is InChI=1S/C16H34N2O/c1-7-16(8-2)12-17-15(13(3)4)11-18(16)14(5)9-10-19-6/h13-15,17H,7-12H2,1-6H3. The molecule has 3 heteroatoms. The van der Waals surface area contributed by atoms with Crippen molar-refractivity contribution in [3.8, 4) is 0 Å². The van der Waals surface area contributed by atoms with E-state index in [-0.39, 0.29) is 0 Å². The molecule has 114 valence electrons. The highest BCUT2D eigenvalue weighted by Gasteiger charge is 2.41. The second kappa shape index (κ2) is 7.61. The van der Waals surface area contributed by atoms with Gasteiger partial charge in [-0.15, -0.1) is 0 Å². The third-order valence-corrected chi connectivity index (χ3v) is 5.09. The Kier molecular flexibility index (Phi) is 6.78. The van der Waals surface area contributed by atoms with E-state index in [1.165, 1.54) is 19.4 Å². The van der Waals surface area contributed by atoms with Crippen LogP contribution in [0.15, 0.2) is 0 Å². The van der Waals surface area contributed by atoms with Gasteiger partial charge in [-0.05, 0) is 32.1 Å². The Balaban J connectivity index is 2.81. The van der Waals surface area contributed by atoms with Crippen molar-refractivity contribution >= 4 is 0 Å². The van der Waals surface area contributed by atoms with Crippen LogP contribution in [-0.4, -0.2) is 49.3 Å². The molecule has 1 rings (SSSR count). The van der Waals surface area contributed by atoms with Crippen molar-refractivity contribution in [2.45, 2.75) is 71.5 Å². The van der Waals surface area contributed by atoms with Crippen molar-refractivity contribution in [1.29, 1.82) is 0 Å². The summed E-state index contributed by atoms with van der Waals surface area (Å²) in [4.78, 5) is 2.76. The van der Waals surface area contributed by atoms with Crippen LogP contribution in [0.5, 0.6) is 0 Å². The van der Waals surface area contributed by atoms with Gasteiger partial charge in [-0.1, -0.05) is 27.7 Å². The Labute approximate surface area is 120 Å². The van der Waals surface area contributed by atoms with Crippen LogP contribution in [0.3, 0.4) is 0 Å². The molecule has 1 aliphatic heterocycles. The lowest BCUT2D eigenvalue weighted by Gasteiger charge is -2.53. The van der Waals surface area contributed by atoms with Crippen LogP contribution >= 0.6 is 0 Å². The highest BCUT2D eigenvalue weighted by molar-refractivity contribution is 4.99. The molecule has 0 aromatic carbocycles. The monoisotopic (exact) mass is 270 g/mol. The SMILES string of the molecule is CCC1(CC)CNC(C(C)C)CN1C(C)CCOC. The maximum atomic E-state index is 5.27. The second-order valence-corrected chi connectivity index (χ2v) is 6.45. The number of ether oxygens (including phenoxy) is 1. The average Bonchev–Trinajstić information content (AvgIpc) is 2.43. The molecule has 0 aliphatic carbocycles. The molecule has 2 unspecified atom stereocenters. The van der Waals surface area contributed by atoms with Crippen LogP contribution in [-0.2, 0) is 4.74 Å². The zero-order valence-corrected chi connectivity index (χ0v) is 13.8. The minimum absolute atomic E-state index is 0.332. The summed E-state index contributed by atoms with van der Waals surface area (Å²) in [5, 5.41) is 3.78. The first kappa shape index (κ1) is 16.9. The fourth-order valence-corrected chi connectivity index (χ4v) is 3.34. The summed E-state index contributed by atoms with van der Waals surface area (Å²) < 4.78 is 5.27. The Morgan fingerprint density at radius 1 is 1.26 bits per heavy atom. The molecule has 0 bridgehead atoms. The minimum Gasteiger partial charge on any atom is -0.385 e. The number of nitrogens with one attached hydrogen (secondary N) is 1. The lowest BCUT2D eigenvalue weighted by atomic mass is 9.84. The molecule has 0 saturated carbocycles. The summed E-state index contributed by atoms with van der Waals surface area (Å²) in [5.74, 6) is 0.698. The van der Waals surface area contributed by atoms with E-state index in [1.54, 1.807) is 7.11 Å². The molecule has 1 heterocycles. The van der Waals surface area contributed by atoms with Crippen LogP contribution in [0.4, 0.5) is 0 Å². The van der Waals surface area contributed by atoms with Crippen LogP contribution in [0.25, 0.3) is 0 Å². The average molecular weight is 270 g/mol. The van der Waals surface area contributed by atoms with Gasteiger partial charge in [0.15, 0.2) is 0 Å². The summed E-state index contributed by atoms with van der Waals surface area (Å²) in [6.45, 7) is 14.8. The molecule has 19 heavy (non-hydrogen) atoms. The topological polar surface area (TPSA) is 24.5 Å². The molecule has 1 aliphatic rings.